The van der Waals surface area contributed by atoms with Crippen molar-refractivity contribution in [2.45, 2.75) is 37.6 Å². The Bertz CT molecular complexity index is 508. The number of carbonyl (C=O) groups excluding carboxylic acids is 1. The molecule has 1 aromatic carbocycles. The summed E-state index contributed by atoms with van der Waals surface area (Å²) in [5.74, 6) is 0.921. The maximum atomic E-state index is 12.2. The molecule has 3 nitrogen and oxygen atoms in total. The number of benzene rings is 1. The highest BCUT2D eigenvalue weighted by molar-refractivity contribution is 8.00. The second kappa shape index (κ2) is 7.71. The third-order valence-corrected chi connectivity index (χ3v) is 5.96. The van der Waals surface area contributed by atoms with Crippen LogP contribution in [0.3, 0.4) is 0 Å². The van der Waals surface area contributed by atoms with E-state index in [1.807, 2.05) is 0 Å². The smallest absolute Gasteiger partial charge is 0.233 e. The normalized spacial score (nSPS) is 25.5. The van der Waals surface area contributed by atoms with Crippen LogP contribution in [0.2, 0.25) is 0 Å². The third-order valence-electron chi connectivity index (χ3n) is 4.71. The summed E-state index contributed by atoms with van der Waals surface area (Å²) in [4.78, 5) is 16.7. The van der Waals surface area contributed by atoms with E-state index in [1.165, 1.54) is 30.5 Å². The topological polar surface area (TPSA) is 23.6 Å². The molecule has 1 amide bonds. The van der Waals surface area contributed by atoms with Crippen LogP contribution in [0, 0.1) is 6.92 Å². The molecule has 3 rings (SSSR count). The van der Waals surface area contributed by atoms with Crippen molar-refractivity contribution in [1.29, 1.82) is 0 Å². The van der Waals surface area contributed by atoms with Gasteiger partial charge in [0.1, 0.15) is 5.37 Å². The van der Waals surface area contributed by atoms with Gasteiger partial charge in [-0.15, -0.1) is 24.2 Å². The van der Waals surface area contributed by atoms with Gasteiger partial charge in [0.2, 0.25) is 5.91 Å². The lowest BCUT2D eigenvalue weighted by Gasteiger charge is -2.27. The summed E-state index contributed by atoms with van der Waals surface area (Å²) >= 11 is 1.76. The Morgan fingerprint density at radius 3 is 2.64 bits per heavy atom. The Kier molecular flexibility index (Phi) is 6.18. The molecule has 0 saturated carbocycles. The number of carbonyl (C=O) groups is 1. The van der Waals surface area contributed by atoms with Gasteiger partial charge in [-0.1, -0.05) is 29.8 Å². The summed E-state index contributed by atoms with van der Waals surface area (Å²) in [5.41, 5.74) is 2.53. The molecule has 1 aromatic rings. The Labute approximate surface area is 143 Å². The van der Waals surface area contributed by atoms with Gasteiger partial charge in [-0.25, -0.2) is 0 Å². The van der Waals surface area contributed by atoms with E-state index in [-0.39, 0.29) is 17.8 Å². The molecular weight excluding hydrogens is 316 g/mol. The van der Waals surface area contributed by atoms with Gasteiger partial charge < -0.3 is 9.80 Å². The van der Waals surface area contributed by atoms with Crippen LogP contribution in [-0.2, 0) is 4.79 Å². The molecule has 0 N–H and O–H groups in total. The minimum absolute atomic E-state index is 0. The highest BCUT2D eigenvalue weighted by Crippen LogP contribution is 2.39. The number of rotatable bonds is 4. The van der Waals surface area contributed by atoms with E-state index in [1.54, 1.807) is 11.8 Å². The molecule has 2 aliphatic rings. The number of aryl methyl sites for hydroxylation is 1. The van der Waals surface area contributed by atoms with Crippen molar-refractivity contribution < 1.29 is 4.79 Å². The SMILES string of the molecule is Cc1ccc(C2SCC(=O)N2CCC2CCCN2C)cc1.Cl. The van der Waals surface area contributed by atoms with Crippen molar-refractivity contribution in [2.24, 2.45) is 0 Å². The van der Waals surface area contributed by atoms with Crippen LogP contribution in [0.25, 0.3) is 0 Å². The fourth-order valence-corrected chi connectivity index (χ4v) is 4.55. The molecule has 0 aromatic heterocycles. The van der Waals surface area contributed by atoms with Gasteiger partial charge in [-0.05, 0) is 45.3 Å². The summed E-state index contributed by atoms with van der Waals surface area (Å²) in [6.07, 6.45) is 3.68. The number of amides is 1. The zero-order valence-electron chi connectivity index (χ0n) is 13.3. The van der Waals surface area contributed by atoms with Crippen molar-refractivity contribution >= 4 is 30.1 Å². The molecule has 122 valence electrons. The van der Waals surface area contributed by atoms with E-state index in [0.29, 0.717) is 17.7 Å². The lowest BCUT2D eigenvalue weighted by atomic mass is 10.1. The molecule has 2 aliphatic heterocycles. The Morgan fingerprint density at radius 2 is 2.00 bits per heavy atom. The van der Waals surface area contributed by atoms with Crippen LogP contribution < -0.4 is 0 Å². The van der Waals surface area contributed by atoms with Crippen molar-refractivity contribution in [2.75, 3.05) is 25.9 Å². The molecule has 5 heteroatoms. The molecular formula is C17H25ClN2OS. The molecule has 0 radical (unpaired) electrons. The van der Waals surface area contributed by atoms with Crippen LogP contribution in [0.5, 0.6) is 0 Å². The van der Waals surface area contributed by atoms with Gasteiger partial charge in [0, 0.05) is 12.6 Å². The largest absolute Gasteiger partial charge is 0.326 e. The Hall–Kier alpha value is -0.710. The van der Waals surface area contributed by atoms with Crippen molar-refractivity contribution in [3.63, 3.8) is 0 Å². The monoisotopic (exact) mass is 340 g/mol. The summed E-state index contributed by atoms with van der Waals surface area (Å²) in [6.45, 7) is 4.19. The van der Waals surface area contributed by atoms with E-state index in [4.69, 9.17) is 0 Å². The average molecular weight is 341 g/mol. The molecule has 0 spiro atoms. The van der Waals surface area contributed by atoms with Crippen molar-refractivity contribution in [1.82, 2.24) is 9.80 Å². The highest BCUT2D eigenvalue weighted by atomic mass is 35.5. The predicted octanol–water partition coefficient (Wildman–Crippen LogP) is 3.48. The number of hydrogen-bond acceptors (Lipinski definition) is 3. The molecule has 2 unspecified atom stereocenters. The average Bonchev–Trinajstić information content (AvgIpc) is 3.04. The Morgan fingerprint density at radius 1 is 1.27 bits per heavy atom. The minimum Gasteiger partial charge on any atom is -0.326 e. The first kappa shape index (κ1) is 17.6. The summed E-state index contributed by atoms with van der Waals surface area (Å²) in [6, 6.07) is 9.27. The van der Waals surface area contributed by atoms with Crippen molar-refractivity contribution in [3.8, 4) is 0 Å². The quantitative estimate of drug-likeness (QED) is 0.838. The van der Waals surface area contributed by atoms with Gasteiger partial charge in [0.25, 0.3) is 0 Å². The molecule has 0 bridgehead atoms. The standard InChI is InChI=1S/C17H24N2OS.ClH/c1-13-5-7-14(8-6-13)17-19(16(20)12-21-17)11-9-15-4-3-10-18(15)2;/h5-8,15,17H,3-4,9-12H2,1-2H3;1H. The lowest BCUT2D eigenvalue weighted by Crippen LogP contribution is -2.34. The number of halogens is 1. The second-order valence-corrected chi connectivity index (χ2v) is 7.30. The fraction of sp³-hybridized carbons (Fsp3) is 0.588. The van der Waals surface area contributed by atoms with E-state index < -0.39 is 0 Å². The third kappa shape index (κ3) is 3.79. The Balaban J connectivity index is 0.00000176. The minimum atomic E-state index is 0. The van der Waals surface area contributed by atoms with E-state index in [9.17, 15) is 4.79 Å². The summed E-state index contributed by atoms with van der Waals surface area (Å²) < 4.78 is 0. The molecule has 22 heavy (non-hydrogen) atoms. The highest BCUT2D eigenvalue weighted by Gasteiger charge is 2.33. The second-order valence-electron chi connectivity index (χ2n) is 6.23. The van der Waals surface area contributed by atoms with Gasteiger partial charge in [0.15, 0.2) is 0 Å². The van der Waals surface area contributed by atoms with Crippen LogP contribution in [0.4, 0.5) is 0 Å². The van der Waals surface area contributed by atoms with E-state index in [2.05, 4.69) is 48.0 Å². The van der Waals surface area contributed by atoms with E-state index in [0.717, 1.165) is 13.0 Å². The summed E-state index contributed by atoms with van der Waals surface area (Å²) in [5, 5.41) is 0.213. The molecule has 2 fully saturated rings. The zero-order valence-corrected chi connectivity index (χ0v) is 15.0. The lowest BCUT2D eigenvalue weighted by molar-refractivity contribution is -0.128. The van der Waals surface area contributed by atoms with Crippen LogP contribution >= 0.6 is 24.2 Å². The predicted molar refractivity (Wildman–Crippen MR) is 95.6 cm³/mol. The van der Waals surface area contributed by atoms with Gasteiger partial charge in [0.05, 0.1) is 5.75 Å². The number of thioether (sulfide) groups is 1. The first-order valence-corrected chi connectivity index (χ1v) is 8.88. The fourth-order valence-electron chi connectivity index (χ4n) is 3.34. The molecule has 2 heterocycles. The molecule has 0 aliphatic carbocycles. The molecule has 2 atom stereocenters. The summed E-state index contributed by atoms with van der Waals surface area (Å²) in [7, 11) is 2.20. The number of nitrogens with zero attached hydrogens (tertiary/aromatic N) is 2. The van der Waals surface area contributed by atoms with Gasteiger partial charge >= 0.3 is 0 Å². The number of hydrogen-bond donors (Lipinski definition) is 0. The van der Waals surface area contributed by atoms with Gasteiger partial charge in [-0.2, -0.15) is 0 Å². The van der Waals surface area contributed by atoms with Gasteiger partial charge in [-0.3, -0.25) is 4.79 Å². The maximum Gasteiger partial charge on any atom is 0.233 e. The first-order valence-electron chi connectivity index (χ1n) is 7.83. The molecule has 2 saturated heterocycles. The number of likely N-dealkylation sites (tertiary alicyclic amines) is 1. The van der Waals surface area contributed by atoms with Crippen molar-refractivity contribution in [3.05, 3.63) is 35.4 Å². The van der Waals surface area contributed by atoms with E-state index >= 15 is 0 Å². The maximum absolute atomic E-state index is 12.2. The zero-order chi connectivity index (χ0) is 14.8. The van der Waals surface area contributed by atoms with Crippen LogP contribution in [-0.4, -0.2) is 47.6 Å². The van der Waals surface area contributed by atoms with Crippen LogP contribution in [0.15, 0.2) is 24.3 Å². The first-order chi connectivity index (χ1) is 10.1. The van der Waals surface area contributed by atoms with Crippen LogP contribution in [0.1, 0.15) is 35.8 Å².